The molecular weight excluding hydrogens is 524 g/mol. The highest BCUT2D eigenvalue weighted by molar-refractivity contribution is 6.01. The summed E-state index contributed by atoms with van der Waals surface area (Å²) in [7, 11) is 0. The number of halogens is 2. The zero-order valence-electron chi connectivity index (χ0n) is 23.7. The van der Waals surface area contributed by atoms with Crippen molar-refractivity contribution in [2.75, 3.05) is 13.2 Å². The van der Waals surface area contributed by atoms with E-state index in [1.807, 2.05) is 13.8 Å². The standard InChI is InChI=1S/C30H39F2NO7/c1-6-18(7-2)16-39-26(37)40-30(25(36)38-11-10-33)17(3)12-20-21-14-23(31)22-13-19(34)8-9-27(22,4)29(21,32)24(35)15-28(20,30)5/h8-9,13,17-18,20-21,23-24,35H,6-7,11-12,14-16H2,1-5H3/t17-,20+,21+,23+,24+,27+,28+,29?,30-/m1/s1. The van der Waals surface area contributed by atoms with Crippen LogP contribution in [-0.2, 0) is 23.8 Å². The molecule has 0 saturated heterocycles. The molecule has 8 nitrogen and oxygen atoms in total. The molecule has 0 aromatic heterocycles. The number of rotatable bonds is 7. The average molecular weight is 564 g/mol. The van der Waals surface area contributed by atoms with E-state index in [9.17, 15) is 19.5 Å². The van der Waals surface area contributed by atoms with E-state index in [-0.39, 0.29) is 37.4 Å². The first-order chi connectivity index (χ1) is 18.8. The summed E-state index contributed by atoms with van der Waals surface area (Å²) in [6.07, 6.45) is 0.285. The molecule has 1 unspecified atom stereocenters. The Morgan fingerprint density at radius 2 is 1.88 bits per heavy atom. The van der Waals surface area contributed by atoms with E-state index in [2.05, 4.69) is 0 Å². The van der Waals surface area contributed by atoms with Gasteiger partial charge in [-0.05, 0) is 55.7 Å². The van der Waals surface area contributed by atoms with Gasteiger partial charge in [0.2, 0.25) is 5.60 Å². The van der Waals surface area contributed by atoms with Crippen LogP contribution in [0.2, 0.25) is 0 Å². The molecule has 4 aliphatic rings. The second kappa shape index (κ2) is 10.6. The highest BCUT2D eigenvalue weighted by Gasteiger charge is 2.79. The van der Waals surface area contributed by atoms with Crippen LogP contribution < -0.4 is 0 Å². The van der Waals surface area contributed by atoms with E-state index >= 15 is 8.78 Å². The fraction of sp³-hybridized carbons (Fsp3) is 0.733. The van der Waals surface area contributed by atoms with E-state index in [0.717, 1.165) is 18.9 Å². The third kappa shape index (κ3) is 4.10. The van der Waals surface area contributed by atoms with Gasteiger partial charge in [-0.15, -0.1) is 0 Å². The predicted molar refractivity (Wildman–Crippen MR) is 139 cm³/mol. The van der Waals surface area contributed by atoms with Crippen molar-refractivity contribution in [1.29, 1.82) is 5.26 Å². The lowest BCUT2D eigenvalue weighted by Gasteiger charge is -2.62. The molecule has 9 atom stereocenters. The van der Waals surface area contributed by atoms with Gasteiger partial charge in [0.05, 0.1) is 12.7 Å². The quantitative estimate of drug-likeness (QED) is 0.432. The van der Waals surface area contributed by atoms with Crippen molar-refractivity contribution < 1.29 is 42.5 Å². The lowest BCUT2D eigenvalue weighted by Crippen LogP contribution is -2.71. The molecule has 0 heterocycles. The number of allylic oxidation sites excluding steroid dienone is 4. The summed E-state index contributed by atoms with van der Waals surface area (Å²) in [6.45, 7) is 8.18. The number of carbonyl (C=O) groups is 3. The molecule has 1 N–H and O–H groups in total. The van der Waals surface area contributed by atoms with Gasteiger partial charge in [-0.2, -0.15) is 5.26 Å². The summed E-state index contributed by atoms with van der Waals surface area (Å²) in [4.78, 5) is 38.8. The van der Waals surface area contributed by atoms with Gasteiger partial charge in [-0.25, -0.2) is 18.4 Å². The van der Waals surface area contributed by atoms with Crippen molar-refractivity contribution in [2.45, 2.75) is 90.3 Å². The van der Waals surface area contributed by atoms with Crippen LogP contribution >= 0.6 is 0 Å². The smallest absolute Gasteiger partial charge is 0.447 e. The summed E-state index contributed by atoms with van der Waals surface area (Å²) in [6, 6.07) is 1.74. The first-order valence-electron chi connectivity index (χ1n) is 14.1. The molecule has 3 saturated carbocycles. The monoisotopic (exact) mass is 563 g/mol. The normalized spacial score (nSPS) is 41.8. The lowest BCUT2D eigenvalue weighted by molar-refractivity contribution is -0.233. The molecule has 4 aliphatic carbocycles. The van der Waals surface area contributed by atoms with Gasteiger partial charge >= 0.3 is 12.1 Å². The maximum atomic E-state index is 17.5. The Bertz CT molecular complexity index is 1160. The zero-order chi connectivity index (χ0) is 29.7. The van der Waals surface area contributed by atoms with Gasteiger partial charge in [0.25, 0.3) is 0 Å². The van der Waals surface area contributed by atoms with Crippen LogP contribution in [0.5, 0.6) is 0 Å². The maximum Gasteiger partial charge on any atom is 0.509 e. The number of aliphatic hydroxyl groups excluding tert-OH is 1. The first kappa shape index (κ1) is 30.2. The number of ketones is 1. The van der Waals surface area contributed by atoms with Gasteiger partial charge in [0.1, 0.15) is 12.2 Å². The summed E-state index contributed by atoms with van der Waals surface area (Å²) in [5.74, 6) is -3.85. The van der Waals surface area contributed by atoms with E-state index in [0.29, 0.717) is 0 Å². The van der Waals surface area contributed by atoms with Crippen LogP contribution in [0.1, 0.15) is 66.7 Å². The number of carbonyl (C=O) groups excluding carboxylic acids is 3. The Morgan fingerprint density at radius 1 is 1.20 bits per heavy atom. The van der Waals surface area contributed by atoms with Gasteiger partial charge < -0.3 is 19.3 Å². The maximum absolute atomic E-state index is 17.5. The van der Waals surface area contributed by atoms with Crippen molar-refractivity contribution >= 4 is 17.9 Å². The molecule has 4 rings (SSSR count). The molecule has 0 radical (unpaired) electrons. The predicted octanol–water partition coefficient (Wildman–Crippen LogP) is 4.95. The van der Waals surface area contributed by atoms with Gasteiger partial charge in [0, 0.05) is 22.7 Å². The summed E-state index contributed by atoms with van der Waals surface area (Å²) >= 11 is 0. The number of ether oxygens (including phenoxy) is 3. The van der Waals surface area contributed by atoms with Crippen LogP contribution in [0.15, 0.2) is 23.8 Å². The van der Waals surface area contributed by atoms with E-state index in [4.69, 9.17) is 19.5 Å². The van der Waals surface area contributed by atoms with Crippen molar-refractivity contribution in [1.82, 2.24) is 0 Å². The number of alkyl halides is 2. The van der Waals surface area contributed by atoms with Crippen LogP contribution in [0.4, 0.5) is 13.6 Å². The van der Waals surface area contributed by atoms with Gasteiger partial charge in [-0.1, -0.05) is 46.6 Å². The van der Waals surface area contributed by atoms with Crippen molar-refractivity contribution in [3.8, 4) is 6.07 Å². The number of aliphatic hydroxyl groups is 1. The summed E-state index contributed by atoms with van der Waals surface area (Å²) in [5.41, 5.74) is -7.34. The molecule has 0 aromatic rings. The van der Waals surface area contributed by atoms with Crippen LogP contribution in [-0.4, -0.2) is 59.8 Å². The molecule has 3 fully saturated rings. The molecule has 10 heteroatoms. The Kier molecular flexibility index (Phi) is 7.96. The van der Waals surface area contributed by atoms with E-state index in [1.54, 1.807) is 19.9 Å². The molecule has 0 bridgehead atoms. The second-order valence-corrected chi connectivity index (χ2v) is 12.3. The second-order valence-electron chi connectivity index (χ2n) is 12.3. The highest BCUT2D eigenvalue weighted by atomic mass is 19.1. The molecule has 0 spiro atoms. The summed E-state index contributed by atoms with van der Waals surface area (Å²) in [5, 5.41) is 20.6. The SMILES string of the molecule is CCC(CC)COC(=O)O[C@@]1(C(=O)OCC#N)[C@H](C)C[C@H]2[C@@H]3C[C@H](F)C4=CC(=O)C=C[C@]4(C)C3(F)[C@@H](O)C[C@@]21C. The zero-order valence-corrected chi connectivity index (χ0v) is 23.7. The van der Waals surface area contributed by atoms with Crippen molar-refractivity contribution in [3.05, 3.63) is 23.8 Å². The van der Waals surface area contributed by atoms with Crippen molar-refractivity contribution in [3.63, 3.8) is 0 Å². The molecule has 220 valence electrons. The number of nitriles is 1. The minimum Gasteiger partial charge on any atom is -0.447 e. The molecule has 0 aromatic carbocycles. The number of hydrogen-bond acceptors (Lipinski definition) is 8. The lowest BCUT2D eigenvalue weighted by atomic mass is 9.44. The Hall–Kier alpha value is -2.80. The number of nitrogens with zero attached hydrogens (tertiary/aromatic N) is 1. The van der Waals surface area contributed by atoms with Crippen LogP contribution in [0, 0.1) is 45.8 Å². The fourth-order valence-electron chi connectivity index (χ4n) is 8.29. The third-order valence-electron chi connectivity index (χ3n) is 10.6. The minimum atomic E-state index is -2.36. The minimum absolute atomic E-state index is 0.00614. The third-order valence-corrected chi connectivity index (χ3v) is 10.6. The Balaban J connectivity index is 1.78. The summed E-state index contributed by atoms with van der Waals surface area (Å²) < 4.78 is 49.7. The number of esters is 1. The topological polar surface area (TPSA) is 123 Å². The van der Waals surface area contributed by atoms with Crippen LogP contribution in [0.3, 0.4) is 0 Å². The Labute approximate surface area is 233 Å². The molecule has 0 amide bonds. The molecular formula is C30H39F2NO7. The van der Waals surface area contributed by atoms with Crippen molar-refractivity contribution in [2.24, 2.45) is 34.5 Å². The average Bonchev–Trinajstić information content (AvgIpc) is 3.12. The van der Waals surface area contributed by atoms with Gasteiger partial charge in [0.15, 0.2) is 18.1 Å². The van der Waals surface area contributed by atoms with E-state index < -0.39 is 76.6 Å². The highest BCUT2D eigenvalue weighted by Crippen LogP contribution is 2.71. The van der Waals surface area contributed by atoms with Crippen LogP contribution in [0.25, 0.3) is 0 Å². The van der Waals surface area contributed by atoms with Gasteiger partial charge in [-0.3, -0.25) is 4.79 Å². The Morgan fingerprint density at radius 3 is 2.50 bits per heavy atom. The first-order valence-corrected chi connectivity index (χ1v) is 14.1. The number of fused-ring (bicyclic) bond motifs is 5. The largest absolute Gasteiger partial charge is 0.509 e. The van der Waals surface area contributed by atoms with E-state index in [1.165, 1.54) is 19.1 Å². The number of hydrogen-bond donors (Lipinski definition) is 1. The molecule has 40 heavy (non-hydrogen) atoms. The molecule has 0 aliphatic heterocycles. The fourth-order valence-corrected chi connectivity index (χ4v) is 8.29.